The van der Waals surface area contributed by atoms with Crippen molar-refractivity contribution in [1.29, 1.82) is 0 Å². The van der Waals surface area contributed by atoms with Crippen molar-refractivity contribution in [3.8, 4) is 0 Å². The van der Waals surface area contributed by atoms with Crippen LogP contribution in [0.5, 0.6) is 0 Å². The van der Waals surface area contributed by atoms with E-state index in [2.05, 4.69) is 0 Å². The molecule has 1 aromatic rings. The number of aliphatic hydroxyl groups excluding tert-OH is 1. The number of halogens is 2. The normalized spacial score (nSPS) is 15.2. The molecule has 1 rings (SSSR count). The van der Waals surface area contributed by atoms with Gasteiger partial charge in [-0.2, -0.15) is 0 Å². The maximum absolute atomic E-state index is 13.3. The fourth-order valence-electron chi connectivity index (χ4n) is 1.23. The molecule has 0 fully saturated rings. The summed E-state index contributed by atoms with van der Waals surface area (Å²) in [5.41, 5.74) is 5.96. The van der Waals surface area contributed by atoms with E-state index in [-0.39, 0.29) is 0 Å². The SMILES string of the molecule is CC[C@H](O)[C@H](N)c1ccc(Cl)cc1F. The average Bonchev–Trinajstić information content (AvgIpc) is 2.15. The molecule has 0 bridgehead atoms. The van der Waals surface area contributed by atoms with Gasteiger partial charge in [0, 0.05) is 10.6 Å². The molecule has 0 saturated heterocycles. The largest absolute Gasteiger partial charge is 0.391 e. The van der Waals surface area contributed by atoms with Crippen molar-refractivity contribution >= 4 is 11.6 Å². The molecule has 3 N–H and O–H groups in total. The second-order valence-electron chi connectivity index (χ2n) is 3.17. The molecule has 0 unspecified atom stereocenters. The lowest BCUT2D eigenvalue weighted by atomic mass is 10.0. The van der Waals surface area contributed by atoms with Gasteiger partial charge in [0.2, 0.25) is 0 Å². The first kappa shape index (κ1) is 11.4. The van der Waals surface area contributed by atoms with Crippen molar-refractivity contribution in [3.05, 3.63) is 34.6 Å². The summed E-state index contributed by atoms with van der Waals surface area (Å²) in [4.78, 5) is 0. The van der Waals surface area contributed by atoms with E-state index in [0.717, 1.165) is 0 Å². The standard InChI is InChI=1S/C10H13ClFNO/c1-2-9(14)10(13)7-4-3-6(11)5-8(7)12/h3-5,9-10,14H,2,13H2,1H3/t9-,10+/m0/s1. The summed E-state index contributed by atoms with van der Waals surface area (Å²) < 4.78 is 13.3. The number of hydrogen-bond donors (Lipinski definition) is 2. The average molecular weight is 218 g/mol. The molecular weight excluding hydrogens is 205 g/mol. The summed E-state index contributed by atoms with van der Waals surface area (Å²) in [7, 11) is 0. The highest BCUT2D eigenvalue weighted by Gasteiger charge is 2.18. The lowest BCUT2D eigenvalue weighted by Crippen LogP contribution is -2.26. The van der Waals surface area contributed by atoms with E-state index < -0.39 is 18.0 Å². The van der Waals surface area contributed by atoms with E-state index >= 15 is 0 Å². The summed E-state index contributed by atoms with van der Waals surface area (Å²) in [5.74, 6) is -0.475. The van der Waals surface area contributed by atoms with Gasteiger partial charge in [0.15, 0.2) is 0 Å². The minimum atomic E-state index is -0.731. The van der Waals surface area contributed by atoms with Crippen LogP contribution in [-0.2, 0) is 0 Å². The topological polar surface area (TPSA) is 46.2 Å². The molecule has 0 aliphatic rings. The van der Waals surface area contributed by atoms with Crippen LogP contribution in [0.25, 0.3) is 0 Å². The third-order valence-electron chi connectivity index (χ3n) is 2.15. The molecule has 2 nitrogen and oxygen atoms in total. The highest BCUT2D eigenvalue weighted by atomic mass is 35.5. The first-order valence-electron chi connectivity index (χ1n) is 4.44. The lowest BCUT2D eigenvalue weighted by molar-refractivity contribution is 0.139. The first-order chi connectivity index (χ1) is 6.56. The van der Waals surface area contributed by atoms with Crippen LogP contribution in [0.1, 0.15) is 24.9 Å². The van der Waals surface area contributed by atoms with Crippen molar-refractivity contribution in [3.63, 3.8) is 0 Å². The van der Waals surface area contributed by atoms with E-state index in [0.29, 0.717) is 17.0 Å². The van der Waals surface area contributed by atoms with Gasteiger partial charge in [0.25, 0.3) is 0 Å². The van der Waals surface area contributed by atoms with Crippen molar-refractivity contribution in [2.45, 2.75) is 25.5 Å². The molecule has 2 atom stereocenters. The van der Waals surface area contributed by atoms with Crippen molar-refractivity contribution in [2.24, 2.45) is 5.73 Å². The quantitative estimate of drug-likeness (QED) is 0.816. The van der Waals surface area contributed by atoms with E-state index in [1.165, 1.54) is 12.1 Å². The summed E-state index contributed by atoms with van der Waals surface area (Å²) >= 11 is 5.59. The molecular formula is C10H13ClFNO. The fourth-order valence-corrected chi connectivity index (χ4v) is 1.39. The number of rotatable bonds is 3. The number of hydrogen-bond acceptors (Lipinski definition) is 2. The van der Waals surface area contributed by atoms with Crippen LogP contribution in [0.15, 0.2) is 18.2 Å². The van der Waals surface area contributed by atoms with E-state index in [1.54, 1.807) is 13.0 Å². The van der Waals surface area contributed by atoms with Crippen LogP contribution in [0.2, 0.25) is 5.02 Å². The molecule has 0 aliphatic carbocycles. The third kappa shape index (κ3) is 2.44. The predicted octanol–water partition coefficient (Wildman–Crippen LogP) is 2.25. The zero-order valence-electron chi connectivity index (χ0n) is 7.87. The summed E-state index contributed by atoms with van der Waals surface area (Å²) in [6, 6.07) is 3.56. The van der Waals surface area contributed by atoms with Crippen LogP contribution in [0.4, 0.5) is 4.39 Å². The molecule has 78 valence electrons. The van der Waals surface area contributed by atoms with E-state index in [9.17, 15) is 9.50 Å². The predicted molar refractivity (Wildman–Crippen MR) is 54.6 cm³/mol. The van der Waals surface area contributed by atoms with Crippen LogP contribution in [-0.4, -0.2) is 11.2 Å². The highest BCUT2D eigenvalue weighted by Crippen LogP contribution is 2.22. The van der Waals surface area contributed by atoms with Crippen LogP contribution >= 0.6 is 11.6 Å². The van der Waals surface area contributed by atoms with Crippen molar-refractivity contribution < 1.29 is 9.50 Å². The molecule has 0 amide bonds. The van der Waals surface area contributed by atoms with Gasteiger partial charge in [-0.25, -0.2) is 4.39 Å². The second-order valence-corrected chi connectivity index (χ2v) is 3.60. The maximum Gasteiger partial charge on any atom is 0.129 e. The Balaban J connectivity index is 2.95. The maximum atomic E-state index is 13.3. The molecule has 1 aromatic carbocycles. The smallest absolute Gasteiger partial charge is 0.129 e. The molecule has 14 heavy (non-hydrogen) atoms. The van der Waals surface area contributed by atoms with E-state index in [4.69, 9.17) is 17.3 Å². The molecule has 0 saturated carbocycles. The Hall–Kier alpha value is -0.640. The molecule has 0 radical (unpaired) electrons. The minimum absolute atomic E-state index is 0.295. The van der Waals surface area contributed by atoms with Gasteiger partial charge in [-0.05, 0) is 18.6 Å². The fraction of sp³-hybridized carbons (Fsp3) is 0.400. The second kappa shape index (κ2) is 4.73. The summed E-state index contributed by atoms with van der Waals surface area (Å²) in [6.45, 7) is 1.79. The Morgan fingerprint density at radius 2 is 2.21 bits per heavy atom. The Morgan fingerprint density at radius 1 is 1.57 bits per heavy atom. The zero-order chi connectivity index (χ0) is 10.7. The Labute approximate surface area is 87.5 Å². The van der Waals surface area contributed by atoms with Crippen LogP contribution in [0.3, 0.4) is 0 Å². The number of nitrogens with two attached hydrogens (primary N) is 1. The molecule has 4 heteroatoms. The third-order valence-corrected chi connectivity index (χ3v) is 2.39. The summed E-state index contributed by atoms with van der Waals surface area (Å²) in [6.07, 6.45) is -0.242. The van der Waals surface area contributed by atoms with Gasteiger partial charge in [-0.1, -0.05) is 24.6 Å². The van der Waals surface area contributed by atoms with Gasteiger partial charge in [-0.3, -0.25) is 0 Å². The van der Waals surface area contributed by atoms with Crippen LogP contribution in [0, 0.1) is 5.82 Å². The van der Waals surface area contributed by atoms with E-state index in [1.807, 2.05) is 0 Å². The van der Waals surface area contributed by atoms with Gasteiger partial charge in [0.1, 0.15) is 5.82 Å². The van der Waals surface area contributed by atoms with Gasteiger partial charge in [0.05, 0.1) is 12.1 Å². The minimum Gasteiger partial charge on any atom is -0.391 e. The van der Waals surface area contributed by atoms with Gasteiger partial charge < -0.3 is 10.8 Å². The number of benzene rings is 1. The molecule has 0 spiro atoms. The summed E-state index contributed by atoms with van der Waals surface area (Å²) in [5, 5.41) is 9.77. The van der Waals surface area contributed by atoms with Gasteiger partial charge >= 0.3 is 0 Å². The monoisotopic (exact) mass is 217 g/mol. The van der Waals surface area contributed by atoms with Crippen molar-refractivity contribution in [2.75, 3.05) is 0 Å². The highest BCUT2D eigenvalue weighted by molar-refractivity contribution is 6.30. The van der Waals surface area contributed by atoms with Crippen molar-refractivity contribution in [1.82, 2.24) is 0 Å². The molecule has 0 aliphatic heterocycles. The molecule has 0 heterocycles. The Bertz CT molecular complexity index is 319. The number of aliphatic hydroxyl groups is 1. The van der Waals surface area contributed by atoms with Gasteiger partial charge in [-0.15, -0.1) is 0 Å². The van der Waals surface area contributed by atoms with Crippen LogP contribution < -0.4 is 5.73 Å². The lowest BCUT2D eigenvalue weighted by Gasteiger charge is -2.18. The molecule has 0 aromatic heterocycles. The Kier molecular flexibility index (Phi) is 3.86. The zero-order valence-corrected chi connectivity index (χ0v) is 8.63. The Morgan fingerprint density at radius 3 is 2.71 bits per heavy atom. The first-order valence-corrected chi connectivity index (χ1v) is 4.82.